The molecule has 90 valence electrons. The van der Waals surface area contributed by atoms with E-state index in [9.17, 15) is 0 Å². The summed E-state index contributed by atoms with van der Waals surface area (Å²) in [6.45, 7) is 5.49. The van der Waals surface area contributed by atoms with Gasteiger partial charge >= 0.3 is 0 Å². The molecule has 4 heteroatoms. The number of hydrogen-bond acceptors (Lipinski definition) is 3. The number of nitrogens with one attached hydrogen (secondary N) is 1. The molecule has 0 bridgehead atoms. The normalized spacial score (nSPS) is 11.5. The van der Waals surface area contributed by atoms with Gasteiger partial charge in [-0.15, -0.1) is 0 Å². The number of nitrogens with zero attached hydrogens (tertiary/aromatic N) is 1. The molecule has 0 aliphatic carbocycles. The van der Waals surface area contributed by atoms with Gasteiger partial charge in [-0.3, -0.25) is 4.98 Å². The van der Waals surface area contributed by atoms with Crippen molar-refractivity contribution in [1.29, 1.82) is 0 Å². The van der Waals surface area contributed by atoms with Gasteiger partial charge in [0.25, 0.3) is 0 Å². The van der Waals surface area contributed by atoms with Crippen LogP contribution in [0.15, 0.2) is 22.9 Å². The molecule has 0 saturated carbocycles. The molecule has 2 nitrogen and oxygen atoms in total. The van der Waals surface area contributed by atoms with E-state index >= 15 is 0 Å². The first-order chi connectivity index (χ1) is 7.65. The smallest absolute Gasteiger partial charge is 0.0538 e. The number of aromatic nitrogens is 1. The zero-order valence-electron chi connectivity index (χ0n) is 10.1. The van der Waals surface area contributed by atoms with Crippen LogP contribution in [0.1, 0.15) is 26.7 Å². The van der Waals surface area contributed by atoms with Gasteiger partial charge < -0.3 is 5.32 Å². The monoisotopic (exact) mass is 302 g/mol. The highest BCUT2D eigenvalue weighted by molar-refractivity contribution is 9.10. The van der Waals surface area contributed by atoms with Gasteiger partial charge in [-0.25, -0.2) is 0 Å². The molecule has 0 aliphatic rings. The highest BCUT2D eigenvalue weighted by Crippen LogP contribution is 2.30. The van der Waals surface area contributed by atoms with Gasteiger partial charge in [0, 0.05) is 22.0 Å². The lowest BCUT2D eigenvalue weighted by Crippen LogP contribution is -2.31. The molecule has 1 aromatic heterocycles. The average Bonchev–Trinajstić information content (AvgIpc) is 2.32. The SMILES string of the molecule is CCC(CC)(CNc1cncc(Br)c1)SC. The largest absolute Gasteiger partial charge is 0.382 e. The third-order valence-corrected chi connectivity index (χ3v) is 5.06. The Morgan fingerprint density at radius 3 is 2.56 bits per heavy atom. The third-order valence-electron chi connectivity index (χ3n) is 3.04. The van der Waals surface area contributed by atoms with E-state index in [2.05, 4.69) is 52.4 Å². The highest BCUT2D eigenvalue weighted by Gasteiger charge is 2.24. The van der Waals surface area contributed by atoms with E-state index in [-0.39, 0.29) is 0 Å². The summed E-state index contributed by atoms with van der Waals surface area (Å²) >= 11 is 5.37. The lowest BCUT2D eigenvalue weighted by atomic mass is 10.0. The fourth-order valence-electron chi connectivity index (χ4n) is 1.63. The van der Waals surface area contributed by atoms with Gasteiger partial charge in [0.05, 0.1) is 11.9 Å². The Labute approximate surface area is 111 Å². The van der Waals surface area contributed by atoms with Crippen LogP contribution < -0.4 is 5.32 Å². The molecule has 0 radical (unpaired) electrons. The Bertz CT molecular complexity index is 318. The molecular weight excluding hydrogens is 284 g/mol. The van der Waals surface area contributed by atoms with Gasteiger partial charge in [0.2, 0.25) is 0 Å². The Morgan fingerprint density at radius 2 is 2.06 bits per heavy atom. The van der Waals surface area contributed by atoms with Gasteiger partial charge in [0.15, 0.2) is 0 Å². The van der Waals surface area contributed by atoms with Crippen molar-refractivity contribution in [3.05, 3.63) is 22.9 Å². The zero-order valence-corrected chi connectivity index (χ0v) is 12.5. The molecule has 1 rings (SSSR count). The molecular formula is C12H19BrN2S. The van der Waals surface area contributed by atoms with Crippen molar-refractivity contribution in [2.24, 2.45) is 0 Å². The second-order valence-corrected chi connectivity index (χ2v) is 6.03. The summed E-state index contributed by atoms with van der Waals surface area (Å²) in [5.74, 6) is 0. The highest BCUT2D eigenvalue weighted by atomic mass is 79.9. The Hall–Kier alpha value is -0.220. The third kappa shape index (κ3) is 3.67. The first-order valence-electron chi connectivity index (χ1n) is 5.55. The molecule has 1 N–H and O–H groups in total. The summed E-state index contributed by atoms with van der Waals surface area (Å²) < 4.78 is 1.35. The van der Waals surface area contributed by atoms with Crippen molar-refractivity contribution in [2.45, 2.75) is 31.4 Å². The first-order valence-corrected chi connectivity index (χ1v) is 7.57. The molecule has 0 spiro atoms. The summed E-state index contributed by atoms with van der Waals surface area (Å²) in [6, 6.07) is 2.06. The van der Waals surface area contributed by atoms with Crippen LogP contribution in [-0.2, 0) is 0 Å². The molecule has 1 aromatic rings. The average molecular weight is 303 g/mol. The van der Waals surface area contributed by atoms with Gasteiger partial charge in [-0.1, -0.05) is 13.8 Å². The standard InChI is InChI=1S/C12H19BrN2S/c1-4-12(5-2,16-3)9-15-11-6-10(13)7-14-8-11/h6-8,15H,4-5,9H2,1-3H3. The zero-order chi connectivity index (χ0) is 12.0. The second kappa shape index (κ2) is 6.50. The predicted octanol–water partition coefficient (Wildman–Crippen LogP) is 4.18. The van der Waals surface area contributed by atoms with E-state index in [0.29, 0.717) is 4.75 Å². The van der Waals surface area contributed by atoms with E-state index in [0.717, 1.165) is 16.7 Å². The van der Waals surface area contributed by atoms with Crippen LogP contribution in [0.25, 0.3) is 0 Å². The van der Waals surface area contributed by atoms with E-state index in [4.69, 9.17) is 0 Å². The van der Waals surface area contributed by atoms with E-state index in [1.807, 2.05) is 18.0 Å². The Morgan fingerprint density at radius 1 is 1.38 bits per heavy atom. The van der Waals surface area contributed by atoms with Crippen molar-refractivity contribution < 1.29 is 0 Å². The van der Waals surface area contributed by atoms with Crippen LogP contribution in [0.4, 0.5) is 5.69 Å². The van der Waals surface area contributed by atoms with E-state index in [1.165, 1.54) is 12.8 Å². The molecule has 0 atom stereocenters. The maximum absolute atomic E-state index is 4.15. The van der Waals surface area contributed by atoms with Crippen molar-refractivity contribution in [2.75, 3.05) is 18.1 Å². The lowest BCUT2D eigenvalue weighted by molar-refractivity contribution is 0.574. The molecule has 1 heterocycles. The molecule has 0 aromatic carbocycles. The van der Waals surface area contributed by atoms with Crippen molar-refractivity contribution in [1.82, 2.24) is 4.98 Å². The number of pyridine rings is 1. The summed E-state index contributed by atoms with van der Waals surface area (Å²) in [5.41, 5.74) is 1.08. The number of rotatable bonds is 6. The molecule has 16 heavy (non-hydrogen) atoms. The van der Waals surface area contributed by atoms with E-state index in [1.54, 1.807) is 6.20 Å². The fraction of sp³-hybridized carbons (Fsp3) is 0.583. The van der Waals surface area contributed by atoms with Crippen molar-refractivity contribution >= 4 is 33.4 Å². The number of halogens is 1. The number of anilines is 1. The summed E-state index contributed by atoms with van der Waals surface area (Å²) in [6.07, 6.45) is 8.21. The van der Waals surface area contributed by atoms with Crippen LogP contribution >= 0.6 is 27.7 Å². The quantitative estimate of drug-likeness (QED) is 0.853. The van der Waals surface area contributed by atoms with Crippen LogP contribution in [0.2, 0.25) is 0 Å². The Kier molecular flexibility index (Phi) is 5.62. The summed E-state index contributed by atoms with van der Waals surface area (Å²) in [4.78, 5) is 4.15. The second-order valence-electron chi connectivity index (χ2n) is 3.84. The summed E-state index contributed by atoms with van der Waals surface area (Å²) in [7, 11) is 0. The lowest BCUT2D eigenvalue weighted by Gasteiger charge is -2.30. The minimum Gasteiger partial charge on any atom is -0.382 e. The maximum Gasteiger partial charge on any atom is 0.0538 e. The molecule has 0 unspecified atom stereocenters. The van der Waals surface area contributed by atoms with Crippen LogP contribution in [0.5, 0.6) is 0 Å². The first kappa shape index (κ1) is 13.8. The topological polar surface area (TPSA) is 24.9 Å². The Balaban J connectivity index is 2.62. The van der Waals surface area contributed by atoms with Crippen LogP contribution in [0, 0.1) is 0 Å². The van der Waals surface area contributed by atoms with Gasteiger partial charge in [0.1, 0.15) is 0 Å². The fourth-order valence-corrected chi connectivity index (χ4v) is 2.79. The van der Waals surface area contributed by atoms with Crippen molar-refractivity contribution in [3.63, 3.8) is 0 Å². The molecule has 0 saturated heterocycles. The maximum atomic E-state index is 4.15. The van der Waals surface area contributed by atoms with Crippen LogP contribution in [-0.4, -0.2) is 22.5 Å². The van der Waals surface area contributed by atoms with E-state index < -0.39 is 0 Å². The molecule has 0 fully saturated rings. The minimum absolute atomic E-state index is 0.336. The van der Waals surface area contributed by atoms with Gasteiger partial charge in [-0.05, 0) is 41.1 Å². The number of thioether (sulfide) groups is 1. The van der Waals surface area contributed by atoms with Crippen molar-refractivity contribution in [3.8, 4) is 0 Å². The molecule has 0 aliphatic heterocycles. The van der Waals surface area contributed by atoms with Crippen LogP contribution in [0.3, 0.4) is 0 Å². The molecule has 0 amide bonds. The predicted molar refractivity (Wildman–Crippen MR) is 77.3 cm³/mol. The minimum atomic E-state index is 0.336. The number of hydrogen-bond donors (Lipinski definition) is 1. The van der Waals surface area contributed by atoms with Gasteiger partial charge in [-0.2, -0.15) is 11.8 Å². The summed E-state index contributed by atoms with van der Waals surface area (Å²) in [5, 5.41) is 3.47.